The number of ether oxygens (including phenoxy) is 2. The number of rotatable bonds is 5. The fraction of sp³-hybridized carbons (Fsp3) is 0.188. The number of Topliss-reactive ketones (excluding diaryl/α,β-unsaturated/α-hetero) is 1. The minimum Gasteiger partial charge on any atom is -0.496 e. The van der Waals surface area contributed by atoms with Crippen LogP contribution in [0.4, 0.5) is 8.78 Å². The van der Waals surface area contributed by atoms with Crippen molar-refractivity contribution in [3.8, 4) is 11.5 Å². The highest BCUT2D eigenvalue weighted by molar-refractivity contribution is 6.02. The summed E-state index contributed by atoms with van der Waals surface area (Å²) in [5, 5.41) is 0. The molecule has 0 radical (unpaired) electrons. The highest BCUT2D eigenvalue weighted by Gasteiger charge is 2.21. The van der Waals surface area contributed by atoms with Crippen molar-refractivity contribution < 1.29 is 23.0 Å². The Hall–Kier alpha value is -2.43. The predicted molar refractivity (Wildman–Crippen MR) is 73.9 cm³/mol. The molecule has 0 saturated heterocycles. The van der Waals surface area contributed by atoms with Gasteiger partial charge in [-0.2, -0.15) is 0 Å². The standard InChI is InChI=1S/C16H14F2O3/c1-20-14-7-4-8-15(21-2)16(14)13(19)9-10-11(17)5-3-6-12(10)18/h3-8H,9H2,1-2H3. The largest absolute Gasteiger partial charge is 0.496 e. The van der Waals surface area contributed by atoms with E-state index in [1.807, 2.05) is 0 Å². The zero-order valence-corrected chi connectivity index (χ0v) is 11.7. The van der Waals surface area contributed by atoms with E-state index in [9.17, 15) is 13.6 Å². The topological polar surface area (TPSA) is 35.5 Å². The van der Waals surface area contributed by atoms with Crippen molar-refractivity contribution >= 4 is 5.78 Å². The Morgan fingerprint density at radius 3 is 1.90 bits per heavy atom. The summed E-state index contributed by atoms with van der Waals surface area (Å²) in [5.41, 5.74) is -0.0967. The third-order valence-corrected chi connectivity index (χ3v) is 3.11. The Balaban J connectivity index is 2.41. The second-order valence-corrected chi connectivity index (χ2v) is 4.34. The van der Waals surface area contributed by atoms with Gasteiger partial charge in [-0.1, -0.05) is 12.1 Å². The average molecular weight is 292 g/mol. The molecule has 0 aliphatic heterocycles. The molecule has 2 aromatic rings. The third-order valence-electron chi connectivity index (χ3n) is 3.11. The monoisotopic (exact) mass is 292 g/mol. The Morgan fingerprint density at radius 2 is 1.43 bits per heavy atom. The summed E-state index contributed by atoms with van der Waals surface area (Å²) in [6, 6.07) is 8.33. The van der Waals surface area contributed by atoms with Gasteiger partial charge in [-0.05, 0) is 24.3 Å². The molecular weight excluding hydrogens is 278 g/mol. The Kier molecular flexibility index (Phi) is 4.52. The smallest absolute Gasteiger partial charge is 0.174 e. The normalized spacial score (nSPS) is 10.3. The van der Waals surface area contributed by atoms with Gasteiger partial charge in [-0.15, -0.1) is 0 Å². The number of carbonyl (C=O) groups is 1. The molecule has 0 amide bonds. The average Bonchev–Trinajstić information content (AvgIpc) is 2.49. The lowest BCUT2D eigenvalue weighted by Gasteiger charge is -2.12. The first kappa shape index (κ1) is 15.0. The zero-order chi connectivity index (χ0) is 15.4. The van der Waals surface area contributed by atoms with Crippen LogP contribution in [0.1, 0.15) is 15.9 Å². The van der Waals surface area contributed by atoms with E-state index in [1.54, 1.807) is 18.2 Å². The van der Waals surface area contributed by atoms with E-state index in [2.05, 4.69) is 0 Å². The first-order chi connectivity index (χ1) is 10.1. The highest BCUT2D eigenvalue weighted by atomic mass is 19.1. The van der Waals surface area contributed by atoms with E-state index in [0.717, 1.165) is 12.1 Å². The van der Waals surface area contributed by atoms with E-state index in [0.29, 0.717) is 11.5 Å². The lowest BCUT2D eigenvalue weighted by Crippen LogP contribution is -2.10. The number of ketones is 1. The second kappa shape index (κ2) is 6.35. The van der Waals surface area contributed by atoms with E-state index in [-0.39, 0.29) is 11.1 Å². The van der Waals surface area contributed by atoms with Gasteiger partial charge in [-0.25, -0.2) is 8.78 Å². The zero-order valence-electron chi connectivity index (χ0n) is 11.7. The maximum absolute atomic E-state index is 13.6. The van der Waals surface area contributed by atoms with E-state index in [4.69, 9.17) is 9.47 Å². The summed E-state index contributed by atoms with van der Waals surface area (Å²) in [6.45, 7) is 0. The number of halogens is 2. The van der Waals surface area contributed by atoms with Gasteiger partial charge in [0.25, 0.3) is 0 Å². The molecule has 110 valence electrons. The molecule has 0 atom stereocenters. The van der Waals surface area contributed by atoms with Crippen molar-refractivity contribution in [2.75, 3.05) is 14.2 Å². The molecule has 0 N–H and O–H groups in total. The van der Waals surface area contributed by atoms with Crippen LogP contribution in [0, 0.1) is 11.6 Å². The van der Waals surface area contributed by atoms with Gasteiger partial charge in [0.15, 0.2) is 5.78 Å². The summed E-state index contributed by atoms with van der Waals surface area (Å²) in [5.74, 6) is -1.38. The first-order valence-corrected chi connectivity index (χ1v) is 6.25. The molecule has 2 rings (SSSR count). The van der Waals surface area contributed by atoms with Crippen LogP contribution in [0.25, 0.3) is 0 Å². The molecule has 0 bridgehead atoms. The van der Waals surface area contributed by atoms with Crippen LogP contribution in [0.3, 0.4) is 0 Å². The van der Waals surface area contributed by atoms with E-state index < -0.39 is 23.8 Å². The van der Waals surface area contributed by atoms with Crippen LogP contribution in [0.15, 0.2) is 36.4 Å². The summed E-state index contributed by atoms with van der Waals surface area (Å²) in [4.78, 5) is 12.4. The molecule has 5 heteroatoms. The fourth-order valence-corrected chi connectivity index (χ4v) is 2.08. The van der Waals surface area contributed by atoms with E-state index in [1.165, 1.54) is 20.3 Å². The van der Waals surface area contributed by atoms with Crippen LogP contribution in [0.5, 0.6) is 11.5 Å². The van der Waals surface area contributed by atoms with Crippen LogP contribution >= 0.6 is 0 Å². The first-order valence-electron chi connectivity index (χ1n) is 6.25. The van der Waals surface area contributed by atoms with Crippen LogP contribution in [-0.4, -0.2) is 20.0 Å². The number of methoxy groups -OCH3 is 2. The number of hydrogen-bond donors (Lipinski definition) is 0. The minimum atomic E-state index is -0.753. The lowest BCUT2D eigenvalue weighted by molar-refractivity contribution is 0.0984. The molecule has 0 fully saturated rings. The van der Waals surface area contributed by atoms with Gasteiger partial charge in [0.2, 0.25) is 0 Å². The minimum absolute atomic E-state index is 0.171. The molecule has 0 aliphatic carbocycles. The van der Waals surface area contributed by atoms with Crippen molar-refractivity contribution in [3.05, 3.63) is 59.2 Å². The lowest BCUT2D eigenvalue weighted by atomic mass is 10.0. The van der Waals surface area contributed by atoms with Gasteiger partial charge in [0, 0.05) is 12.0 Å². The van der Waals surface area contributed by atoms with Gasteiger partial charge in [-0.3, -0.25) is 4.79 Å². The van der Waals surface area contributed by atoms with Crippen molar-refractivity contribution in [2.24, 2.45) is 0 Å². The highest BCUT2D eigenvalue weighted by Crippen LogP contribution is 2.30. The predicted octanol–water partition coefficient (Wildman–Crippen LogP) is 3.41. The van der Waals surface area contributed by atoms with Crippen molar-refractivity contribution in [3.63, 3.8) is 0 Å². The molecule has 0 aliphatic rings. The van der Waals surface area contributed by atoms with E-state index >= 15 is 0 Å². The Bertz CT molecular complexity index is 626. The Morgan fingerprint density at radius 1 is 0.952 bits per heavy atom. The van der Waals surface area contributed by atoms with Crippen LogP contribution in [0.2, 0.25) is 0 Å². The molecule has 3 nitrogen and oxygen atoms in total. The summed E-state index contributed by atoms with van der Waals surface area (Å²) in [6.07, 6.45) is -0.408. The second-order valence-electron chi connectivity index (χ2n) is 4.34. The number of hydrogen-bond acceptors (Lipinski definition) is 3. The van der Waals surface area contributed by atoms with Crippen LogP contribution in [-0.2, 0) is 6.42 Å². The van der Waals surface area contributed by atoms with Crippen molar-refractivity contribution in [1.29, 1.82) is 0 Å². The summed E-state index contributed by atoms with van der Waals surface area (Å²) < 4.78 is 37.5. The number of carbonyl (C=O) groups excluding carboxylic acids is 1. The maximum atomic E-state index is 13.6. The van der Waals surface area contributed by atoms with Gasteiger partial charge < -0.3 is 9.47 Å². The van der Waals surface area contributed by atoms with Crippen molar-refractivity contribution in [1.82, 2.24) is 0 Å². The molecular formula is C16H14F2O3. The summed E-state index contributed by atoms with van der Waals surface area (Å²) >= 11 is 0. The molecule has 0 unspecified atom stereocenters. The molecule has 0 heterocycles. The maximum Gasteiger partial charge on any atom is 0.174 e. The van der Waals surface area contributed by atoms with Gasteiger partial charge >= 0.3 is 0 Å². The molecule has 21 heavy (non-hydrogen) atoms. The van der Waals surface area contributed by atoms with Crippen molar-refractivity contribution in [2.45, 2.75) is 6.42 Å². The summed E-state index contributed by atoms with van der Waals surface area (Å²) in [7, 11) is 2.82. The Labute approximate surface area is 121 Å². The SMILES string of the molecule is COc1cccc(OC)c1C(=O)Cc1c(F)cccc1F. The van der Waals surface area contributed by atoms with Crippen LogP contribution < -0.4 is 9.47 Å². The number of benzene rings is 2. The third kappa shape index (κ3) is 3.02. The molecule has 2 aromatic carbocycles. The van der Waals surface area contributed by atoms with Gasteiger partial charge in [0.1, 0.15) is 28.7 Å². The molecule has 0 spiro atoms. The fourth-order valence-electron chi connectivity index (χ4n) is 2.08. The van der Waals surface area contributed by atoms with Gasteiger partial charge in [0.05, 0.1) is 14.2 Å². The molecule has 0 aromatic heterocycles. The quantitative estimate of drug-likeness (QED) is 0.792. The molecule has 0 saturated carbocycles.